The van der Waals surface area contributed by atoms with Gasteiger partial charge in [-0.3, -0.25) is 0 Å². The van der Waals surface area contributed by atoms with Crippen LogP contribution in [0.3, 0.4) is 0 Å². The van der Waals surface area contributed by atoms with Gasteiger partial charge in [0, 0.05) is 19.0 Å². The molecule has 0 bridgehead atoms. The Labute approximate surface area is 111 Å². The van der Waals surface area contributed by atoms with Crippen LogP contribution in [0.15, 0.2) is 0 Å². The molecule has 0 radical (unpaired) electrons. The molecule has 1 aliphatic rings. The van der Waals surface area contributed by atoms with E-state index >= 15 is 0 Å². The molecule has 1 rings (SSSR count). The zero-order valence-corrected chi connectivity index (χ0v) is 11.5. The van der Waals surface area contributed by atoms with Crippen LogP contribution in [-0.2, 0) is 4.74 Å². The molecule has 0 aromatic carbocycles. The summed E-state index contributed by atoms with van der Waals surface area (Å²) in [6, 6.07) is 0.305. The highest BCUT2D eigenvalue weighted by Gasteiger charge is 2.16. The first-order valence-electron chi connectivity index (χ1n) is 7.22. The van der Waals surface area contributed by atoms with E-state index in [1.807, 2.05) is 0 Å². The molecule has 0 aromatic rings. The maximum atomic E-state index is 9.85. The number of hydrogen-bond donors (Lipinski definition) is 2. The average Bonchev–Trinajstić information content (AvgIpc) is 2.42. The molecule has 0 spiro atoms. The molecule has 1 fully saturated rings. The van der Waals surface area contributed by atoms with Gasteiger partial charge in [-0.1, -0.05) is 26.2 Å². The lowest BCUT2D eigenvalue weighted by Crippen LogP contribution is -2.37. The van der Waals surface area contributed by atoms with Gasteiger partial charge < -0.3 is 15.2 Å². The lowest BCUT2D eigenvalue weighted by atomic mass is 9.98. The third-order valence-corrected chi connectivity index (χ3v) is 3.58. The minimum absolute atomic E-state index is 0.305. The number of hydrogen-bond acceptors (Lipinski definition) is 3. The van der Waals surface area contributed by atoms with Crippen LogP contribution in [0.25, 0.3) is 0 Å². The monoisotopic (exact) mass is 253 g/mol. The van der Waals surface area contributed by atoms with Crippen molar-refractivity contribution < 1.29 is 9.84 Å². The fourth-order valence-electron chi connectivity index (χ4n) is 2.34. The molecule has 1 saturated carbocycles. The maximum absolute atomic E-state index is 9.85. The Morgan fingerprint density at radius 3 is 2.72 bits per heavy atom. The Hall–Kier alpha value is -0.560. The normalized spacial score (nSPS) is 20.3. The van der Waals surface area contributed by atoms with Gasteiger partial charge in [0.15, 0.2) is 0 Å². The number of rotatable bonds is 8. The highest BCUT2D eigenvalue weighted by atomic mass is 16.5. The summed E-state index contributed by atoms with van der Waals surface area (Å²) in [4.78, 5) is 0. The fraction of sp³-hybridized carbons (Fsp3) is 0.867. The van der Waals surface area contributed by atoms with Gasteiger partial charge >= 0.3 is 0 Å². The molecule has 1 aliphatic carbocycles. The van der Waals surface area contributed by atoms with Crippen molar-refractivity contribution >= 4 is 0 Å². The number of nitrogens with one attached hydrogen (secondary N) is 1. The van der Waals surface area contributed by atoms with Crippen LogP contribution in [0.4, 0.5) is 0 Å². The van der Waals surface area contributed by atoms with Gasteiger partial charge in [-0.05, 0) is 19.3 Å². The van der Waals surface area contributed by atoms with Gasteiger partial charge in [-0.15, -0.1) is 12.3 Å². The Morgan fingerprint density at radius 1 is 1.39 bits per heavy atom. The van der Waals surface area contributed by atoms with Crippen LogP contribution in [-0.4, -0.2) is 36.5 Å². The van der Waals surface area contributed by atoms with Crippen LogP contribution in [0.2, 0.25) is 0 Å². The molecule has 0 saturated heterocycles. The summed E-state index contributed by atoms with van der Waals surface area (Å²) in [6.07, 6.45) is 13.1. The standard InChI is InChI=1S/C15H27NO2/c1-3-8-13(4-2)16-11-14(17)12-18-15-9-6-5-7-10-15/h1,13-17H,4-12H2,2H3. The second-order valence-corrected chi connectivity index (χ2v) is 5.17. The van der Waals surface area contributed by atoms with Crippen molar-refractivity contribution in [3.8, 4) is 12.3 Å². The molecule has 2 unspecified atom stereocenters. The van der Waals surface area contributed by atoms with Crippen molar-refractivity contribution in [1.82, 2.24) is 5.32 Å². The van der Waals surface area contributed by atoms with Crippen molar-refractivity contribution in [1.29, 1.82) is 0 Å². The van der Waals surface area contributed by atoms with E-state index in [2.05, 4.69) is 18.2 Å². The van der Waals surface area contributed by atoms with E-state index in [1.54, 1.807) is 0 Å². The van der Waals surface area contributed by atoms with Crippen molar-refractivity contribution in [2.24, 2.45) is 0 Å². The molecule has 0 aliphatic heterocycles. The Bertz CT molecular complexity index is 243. The predicted octanol–water partition coefficient (Wildman–Crippen LogP) is 2.09. The molecular formula is C15H27NO2. The molecule has 104 valence electrons. The second-order valence-electron chi connectivity index (χ2n) is 5.17. The quantitative estimate of drug-likeness (QED) is 0.651. The van der Waals surface area contributed by atoms with Gasteiger partial charge in [0.1, 0.15) is 0 Å². The zero-order valence-electron chi connectivity index (χ0n) is 11.5. The molecule has 0 amide bonds. The molecule has 2 N–H and O–H groups in total. The summed E-state index contributed by atoms with van der Waals surface area (Å²) in [7, 11) is 0. The number of aliphatic hydroxyl groups is 1. The molecule has 0 aromatic heterocycles. The van der Waals surface area contributed by atoms with Crippen LogP contribution in [0.1, 0.15) is 51.9 Å². The molecular weight excluding hydrogens is 226 g/mol. The largest absolute Gasteiger partial charge is 0.389 e. The van der Waals surface area contributed by atoms with E-state index in [-0.39, 0.29) is 0 Å². The minimum Gasteiger partial charge on any atom is -0.389 e. The van der Waals surface area contributed by atoms with Crippen molar-refractivity contribution in [2.45, 2.75) is 70.1 Å². The Morgan fingerprint density at radius 2 is 2.11 bits per heavy atom. The first kappa shape index (κ1) is 15.5. The molecule has 3 nitrogen and oxygen atoms in total. The van der Waals surface area contributed by atoms with Crippen molar-refractivity contribution in [3.63, 3.8) is 0 Å². The van der Waals surface area contributed by atoms with Gasteiger partial charge in [0.05, 0.1) is 18.8 Å². The third kappa shape index (κ3) is 6.39. The van der Waals surface area contributed by atoms with E-state index in [0.29, 0.717) is 31.7 Å². The smallest absolute Gasteiger partial charge is 0.0897 e. The average molecular weight is 253 g/mol. The fourth-order valence-corrected chi connectivity index (χ4v) is 2.34. The second kappa shape index (κ2) is 9.38. The van der Waals surface area contributed by atoms with Gasteiger partial charge in [0.25, 0.3) is 0 Å². The lowest BCUT2D eigenvalue weighted by Gasteiger charge is -2.24. The summed E-state index contributed by atoms with van der Waals surface area (Å²) in [6.45, 7) is 3.09. The van der Waals surface area contributed by atoms with E-state index in [4.69, 9.17) is 11.2 Å². The maximum Gasteiger partial charge on any atom is 0.0897 e. The third-order valence-electron chi connectivity index (χ3n) is 3.58. The molecule has 2 atom stereocenters. The van der Waals surface area contributed by atoms with Crippen LogP contribution >= 0.6 is 0 Å². The van der Waals surface area contributed by atoms with E-state index < -0.39 is 6.10 Å². The summed E-state index contributed by atoms with van der Waals surface area (Å²) in [5, 5.41) is 13.1. The van der Waals surface area contributed by atoms with Gasteiger partial charge in [-0.25, -0.2) is 0 Å². The van der Waals surface area contributed by atoms with Crippen molar-refractivity contribution in [2.75, 3.05) is 13.2 Å². The summed E-state index contributed by atoms with van der Waals surface area (Å²) in [5.41, 5.74) is 0. The lowest BCUT2D eigenvalue weighted by molar-refractivity contribution is -0.0235. The Kier molecular flexibility index (Phi) is 8.08. The minimum atomic E-state index is -0.432. The number of terminal acetylenes is 1. The molecule has 18 heavy (non-hydrogen) atoms. The summed E-state index contributed by atoms with van der Waals surface area (Å²) < 4.78 is 5.74. The van der Waals surface area contributed by atoms with Crippen LogP contribution < -0.4 is 5.32 Å². The van der Waals surface area contributed by atoms with Gasteiger partial charge in [0.2, 0.25) is 0 Å². The van der Waals surface area contributed by atoms with Crippen LogP contribution in [0.5, 0.6) is 0 Å². The Balaban J connectivity index is 2.09. The van der Waals surface area contributed by atoms with E-state index in [0.717, 1.165) is 19.3 Å². The number of ether oxygens (including phenoxy) is 1. The van der Waals surface area contributed by atoms with Crippen molar-refractivity contribution in [3.05, 3.63) is 0 Å². The van der Waals surface area contributed by atoms with E-state index in [9.17, 15) is 5.11 Å². The first-order valence-corrected chi connectivity index (χ1v) is 7.22. The first-order chi connectivity index (χ1) is 8.76. The predicted molar refractivity (Wildman–Crippen MR) is 74.4 cm³/mol. The summed E-state index contributed by atoms with van der Waals surface area (Å²) in [5.74, 6) is 2.65. The highest BCUT2D eigenvalue weighted by molar-refractivity contribution is 4.89. The molecule has 0 heterocycles. The van der Waals surface area contributed by atoms with E-state index in [1.165, 1.54) is 19.3 Å². The SMILES string of the molecule is C#CCC(CC)NCC(O)COC1CCCCC1. The zero-order chi connectivity index (χ0) is 13.2. The number of aliphatic hydroxyl groups excluding tert-OH is 1. The van der Waals surface area contributed by atoms with Crippen LogP contribution in [0, 0.1) is 12.3 Å². The van der Waals surface area contributed by atoms with Gasteiger partial charge in [-0.2, -0.15) is 0 Å². The summed E-state index contributed by atoms with van der Waals surface area (Å²) >= 11 is 0. The highest BCUT2D eigenvalue weighted by Crippen LogP contribution is 2.20. The topological polar surface area (TPSA) is 41.5 Å². The molecule has 3 heteroatoms.